The summed E-state index contributed by atoms with van der Waals surface area (Å²) in [5, 5.41) is 14.9. The van der Waals surface area contributed by atoms with E-state index in [1.54, 1.807) is 25.0 Å². The van der Waals surface area contributed by atoms with Crippen molar-refractivity contribution < 1.29 is 4.79 Å². The molecule has 182 valence electrons. The number of carbonyl (C=O) groups is 1. The molecule has 0 saturated heterocycles. The molecule has 2 N–H and O–H groups in total. The molecule has 0 fully saturated rings. The van der Waals surface area contributed by atoms with Gasteiger partial charge >= 0.3 is 0 Å². The van der Waals surface area contributed by atoms with Gasteiger partial charge in [0.1, 0.15) is 0 Å². The molecule has 2 aromatic heterocycles. The molecular formula is C27H27N7OS. The molecule has 1 atom stereocenters. The maximum absolute atomic E-state index is 12.7. The van der Waals surface area contributed by atoms with Crippen molar-refractivity contribution in [2.45, 2.75) is 29.6 Å². The van der Waals surface area contributed by atoms with Crippen LogP contribution in [0.25, 0.3) is 33.5 Å². The molecule has 0 radical (unpaired) electrons. The minimum absolute atomic E-state index is 0.120. The van der Waals surface area contributed by atoms with Crippen molar-refractivity contribution in [2.24, 2.45) is 11.0 Å². The zero-order chi connectivity index (χ0) is 25.3. The van der Waals surface area contributed by atoms with E-state index in [-0.39, 0.29) is 5.91 Å². The predicted molar refractivity (Wildman–Crippen MR) is 145 cm³/mol. The normalized spacial score (nSPS) is 11.9. The highest BCUT2D eigenvalue weighted by Crippen LogP contribution is 2.34. The molecule has 0 aliphatic carbocycles. The van der Waals surface area contributed by atoms with Gasteiger partial charge in [0.05, 0.1) is 22.5 Å². The number of H-pyrrole nitrogens is 1. The fraction of sp³-hybridized carbons (Fsp3) is 0.222. The Morgan fingerprint density at radius 1 is 1.22 bits per heavy atom. The number of hydrogen-bond acceptors (Lipinski definition) is 5. The van der Waals surface area contributed by atoms with E-state index < -0.39 is 0 Å². The summed E-state index contributed by atoms with van der Waals surface area (Å²) in [6.07, 6.45) is 7.26. The molecule has 2 heterocycles. The Morgan fingerprint density at radius 2 is 2.11 bits per heavy atom. The molecule has 0 aliphatic heterocycles. The molecule has 1 amide bonds. The van der Waals surface area contributed by atoms with Gasteiger partial charge in [0.15, 0.2) is 0 Å². The molecule has 0 spiro atoms. The first kappa shape index (κ1) is 25.0. The van der Waals surface area contributed by atoms with Gasteiger partial charge in [0, 0.05) is 39.9 Å². The van der Waals surface area contributed by atoms with Crippen LogP contribution < -0.4 is 5.32 Å². The minimum atomic E-state index is -0.120. The lowest BCUT2D eigenvalue weighted by molar-refractivity contribution is 0.0960. The quantitative estimate of drug-likeness (QED) is 0.147. The molecule has 0 saturated carbocycles. The number of fused-ring (bicyclic) bond motifs is 1. The van der Waals surface area contributed by atoms with E-state index in [1.807, 2.05) is 60.7 Å². The van der Waals surface area contributed by atoms with Gasteiger partial charge in [0.2, 0.25) is 0 Å². The van der Waals surface area contributed by atoms with Gasteiger partial charge in [-0.25, -0.2) is 0 Å². The van der Waals surface area contributed by atoms with Gasteiger partial charge in [-0.05, 0) is 84.5 Å². The molecule has 8 nitrogen and oxygen atoms in total. The Balaban J connectivity index is 1.53. The number of pyridine rings is 1. The number of hydrogen-bond donors (Lipinski definition) is 2. The molecular weight excluding hydrogens is 470 g/mol. The summed E-state index contributed by atoms with van der Waals surface area (Å²) >= 11 is 1.54. The predicted octanol–water partition coefficient (Wildman–Crippen LogP) is 6.52. The summed E-state index contributed by atoms with van der Waals surface area (Å²) in [4.78, 5) is 21.7. The molecule has 0 bridgehead atoms. The van der Waals surface area contributed by atoms with E-state index >= 15 is 0 Å². The first-order valence-electron chi connectivity index (χ1n) is 11.7. The van der Waals surface area contributed by atoms with Crippen LogP contribution in [0.15, 0.2) is 75.7 Å². The van der Waals surface area contributed by atoms with Gasteiger partial charge in [-0.1, -0.05) is 35.9 Å². The monoisotopic (exact) mass is 497 g/mol. The lowest BCUT2D eigenvalue weighted by Crippen LogP contribution is -2.19. The van der Waals surface area contributed by atoms with E-state index in [1.165, 1.54) is 0 Å². The smallest absolute Gasteiger partial charge is 0.252 e. The average molecular weight is 498 g/mol. The van der Waals surface area contributed by atoms with Gasteiger partial charge in [0.25, 0.3) is 5.91 Å². The zero-order valence-corrected chi connectivity index (χ0v) is 21.0. The third kappa shape index (κ3) is 6.33. The summed E-state index contributed by atoms with van der Waals surface area (Å²) in [5.41, 5.74) is 12.8. The molecule has 4 rings (SSSR count). The van der Waals surface area contributed by atoms with Crippen LogP contribution in [-0.4, -0.2) is 34.7 Å². The number of carbonyl (C=O) groups excluding carboxylic acids is 1. The van der Waals surface area contributed by atoms with Crippen LogP contribution in [0.3, 0.4) is 0 Å². The van der Waals surface area contributed by atoms with Crippen molar-refractivity contribution in [3.63, 3.8) is 0 Å². The zero-order valence-electron chi connectivity index (χ0n) is 20.2. The largest absolute Gasteiger partial charge is 0.355 e. The maximum Gasteiger partial charge on any atom is 0.252 e. The Bertz CT molecular complexity index is 1420. The molecule has 1 unspecified atom stereocenters. The Morgan fingerprint density at radius 3 is 2.89 bits per heavy atom. The van der Waals surface area contributed by atoms with Crippen LogP contribution in [0.5, 0.6) is 0 Å². The van der Waals surface area contributed by atoms with Crippen LogP contribution in [0.4, 0.5) is 0 Å². The van der Waals surface area contributed by atoms with Crippen molar-refractivity contribution in [1.29, 1.82) is 0 Å². The minimum Gasteiger partial charge on any atom is -0.355 e. The standard InChI is InChI=1S/C27H27N7OS/c1-18(12-14-31-34-28)15-19-6-11-26(23(16-19)27(35)29-2)36-21-8-9-22-24(32-33-25(22)17-21)10-7-20-5-3-4-13-30-20/h3-11,13,16-18H,12,14-15H2,1-2H3,(H,29,35)(H,32,33)/b10-7+. The highest BCUT2D eigenvalue weighted by molar-refractivity contribution is 7.99. The first-order chi connectivity index (χ1) is 17.6. The fourth-order valence-electron chi connectivity index (χ4n) is 3.91. The Hall–Kier alpha value is -4.07. The van der Waals surface area contributed by atoms with E-state index in [0.29, 0.717) is 18.0 Å². The van der Waals surface area contributed by atoms with E-state index in [2.05, 4.69) is 43.5 Å². The summed E-state index contributed by atoms with van der Waals surface area (Å²) in [7, 11) is 1.64. The van der Waals surface area contributed by atoms with Crippen molar-refractivity contribution >= 4 is 40.7 Å². The summed E-state index contributed by atoms with van der Waals surface area (Å²) in [6.45, 7) is 2.60. The second kappa shape index (κ2) is 12.1. The van der Waals surface area contributed by atoms with Crippen LogP contribution >= 0.6 is 11.8 Å². The van der Waals surface area contributed by atoms with Crippen molar-refractivity contribution in [3.8, 4) is 0 Å². The Kier molecular flexibility index (Phi) is 8.39. The van der Waals surface area contributed by atoms with Crippen LogP contribution in [0.2, 0.25) is 0 Å². The number of benzene rings is 2. The van der Waals surface area contributed by atoms with E-state index in [4.69, 9.17) is 5.53 Å². The van der Waals surface area contributed by atoms with E-state index in [0.717, 1.165) is 50.5 Å². The lowest BCUT2D eigenvalue weighted by atomic mass is 9.97. The van der Waals surface area contributed by atoms with Crippen molar-refractivity contribution in [3.05, 3.63) is 93.8 Å². The molecule has 2 aromatic carbocycles. The number of aromatic nitrogens is 3. The third-order valence-electron chi connectivity index (χ3n) is 5.78. The molecule has 4 aromatic rings. The van der Waals surface area contributed by atoms with Crippen molar-refractivity contribution in [1.82, 2.24) is 20.5 Å². The second-order valence-electron chi connectivity index (χ2n) is 8.47. The number of nitrogens with zero attached hydrogens (tertiary/aromatic N) is 5. The summed E-state index contributed by atoms with van der Waals surface area (Å²) < 4.78 is 0. The number of nitrogens with one attached hydrogen (secondary N) is 2. The van der Waals surface area contributed by atoms with Crippen LogP contribution in [0, 0.1) is 5.92 Å². The van der Waals surface area contributed by atoms with Crippen LogP contribution in [-0.2, 0) is 6.42 Å². The lowest BCUT2D eigenvalue weighted by Gasteiger charge is -2.14. The highest BCUT2D eigenvalue weighted by Gasteiger charge is 2.15. The third-order valence-corrected chi connectivity index (χ3v) is 6.84. The summed E-state index contributed by atoms with van der Waals surface area (Å²) in [5.74, 6) is 0.223. The van der Waals surface area contributed by atoms with Gasteiger partial charge < -0.3 is 5.32 Å². The first-order valence-corrected chi connectivity index (χ1v) is 12.5. The van der Waals surface area contributed by atoms with Gasteiger partial charge in [-0.2, -0.15) is 5.10 Å². The molecule has 9 heteroatoms. The second-order valence-corrected chi connectivity index (χ2v) is 9.58. The Labute approximate surface area is 213 Å². The van der Waals surface area contributed by atoms with Crippen molar-refractivity contribution in [2.75, 3.05) is 13.6 Å². The van der Waals surface area contributed by atoms with Gasteiger partial charge in [-0.3, -0.25) is 14.9 Å². The SMILES string of the molecule is CNC(=O)c1cc(CC(C)CCN=[N+]=[N-])ccc1Sc1ccc2c(/C=C/c3ccccn3)n[nH]c2c1. The number of amides is 1. The summed E-state index contributed by atoms with van der Waals surface area (Å²) in [6, 6.07) is 17.9. The van der Waals surface area contributed by atoms with Crippen LogP contribution in [0.1, 0.15) is 40.7 Å². The fourth-order valence-corrected chi connectivity index (χ4v) is 4.87. The topological polar surface area (TPSA) is 119 Å². The number of azide groups is 1. The average Bonchev–Trinajstić information content (AvgIpc) is 3.31. The van der Waals surface area contributed by atoms with E-state index in [9.17, 15) is 4.79 Å². The number of aromatic amines is 1. The highest BCUT2D eigenvalue weighted by atomic mass is 32.2. The molecule has 36 heavy (non-hydrogen) atoms. The van der Waals surface area contributed by atoms with Gasteiger partial charge in [-0.15, -0.1) is 0 Å². The maximum atomic E-state index is 12.7. The molecule has 0 aliphatic rings. The number of rotatable bonds is 10.